The van der Waals surface area contributed by atoms with Crippen molar-refractivity contribution in [3.8, 4) is 0 Å². The van der Waals surface area contributed by atoms with Gasteiger partial charge in [-0.2, -0.15) is 0 Å². The fourth-order valence-electron chi connectivity index (χ4n) is 2.69. The highest BCUT2D eigenvalue weighted by Crippen LogP contribution is 2.35. The summed E-state index contributed by atoms with van der Waals surface area (Å²) >= 11 is 0. The highest BCUT2D eigenvalue weighted by Gasteiger charge is 2.50. The minimum atomic E-state index is -1.33. The largest absolute Gasteiger partial charge is 0.444 e. The molecule has 1 aliphatic heterocycles. The summed E-state index contributed by atoms with van der Waals surface area (Å²) < 4.78 is 23.0. The molecule has 1 saturated heterocycles. The van der Waals surface area contributed by atoms with Crippen LogP contribution in [-0.4, -0.2) is 38.5 Å². The van der Waals surface area contributed by atoms with E-state index in [9.17, 15) is 13.8 Å². The van der Waals surface area contributed by atoms with Crippen LogP contribution in [-0.2, 0) is 31.7 Å². The van der Waals surface area contributed by atoms with Crippen LogP contribution in [0.5, 0.6) is 0 Å². The number of rotatable bonds is 3. The Balaban J connectivity index is 2.17. The third-order valence-corrected chi connectivity index (χ3v) is 5.62. The predicted molar refractivity (Wildman–Crippen MR) is 90.3 cm³/mol. The van der Waals surface area contributed by atoms with Crippen LogP contribution in [0, 0.1) is 5.41 Å². The molecule has 1 heterocycles. The standard InChI is InChI=1S/C17H23NO5S/c1-12(19)23-14-11-24(21)15(17(2,3)4)18(14)16(20)22-10-13-8-6-5-7-9-13/h5-9,14-15H,10-11H2,1-4H3. The van der Waals surface area contributed by atoms with Crippen LogP contribution in [0.15, 0.2) is 30.3 Å². The van der Waals surface area contributed by atoms with Gasteiger partial charge in [0.05, 0.1) is 16.6 Å². The molecule has 7 heteroatoms. The minimum absolute atomic E-state index is 0.0992. The number of nitrogens with zero attached hydrogens (tertiary/aromatic N) is 1. The fourth-order valence-corrected chi connectivity index (χ4v) is 4.65. The maximum absolute atomic E-state index is 12.6. The number of esters is 1. The summed E-state index contributed by atoms with van der Waals surface area (Å²) in [7, 11) is -1.33. The molecule has 132 valence electrons. The lowest BCUT2D eigenvalue weighted by atomic mass is 9.95. The average molecular weight is 353 g/mol. The zero-order valence-electron chi connectivity index (χ0n) is 14.4. The number of benzene rings is 1. The number of ether oxygens (including phenoxy) is 2. The first-order valence-electron chi connectivity index (χ1n) is 7.73. The number of carbonyl (C=O) groups is 2. The van der Waals surface area contributed by atoms with Crippen molar-refractivity contribution in [1.82, 2.24) is 4.90 Å². The molecule has 0 saturated carbocycles. The van der Waals surface area contributed by atoms with E-state index in [1.54, 1.807) is 0 Å². The molecular weight excluding hydrogens is 330 g/mol. The maximum Gasteiger partial charge on any atom is 0.414 e. The summed E-state index contributed by atoms with van der Waals surface area (Å²) in [6.07, 6.45) is -1.49. The number of carbonyl (C=O) groups excluding carboxylic acids is 2. The Kier molecular flexibility index (Phi) is 5.64. The topological polar surface area (TPSA) is 72.9 Å². The molecule has 1 aromatic rings. The van der Waals surface area contributed by atoms with Gasteiger partial charge < -0.3 is 9.47 Å². The zero-order chi connectivity index (χ0) is 17.9. The van der Waals surface area contributed by atoms with Crippen molar-refractivity contribution < 1.29 is 23.3 Å². The van der Waals surface area contributed by atoms with E-state index in [1.165, 1.54) is 11.8 Å². The van der Waals surface area contributed by atoms with E-state index in [-0.39, 0.29) is 12.4 Å². The monoisotopic (exact) mass is 353 g/mol. The molecule has 1 fully saturated rings. The Morgan fingerprint density at radius 1 is 1.25 bits per heavy atom. The Hall–Kier alpha value is -1.89. The highest BCUT2D eigenvalue weighted by molar-refractivity contribution is 7.86. The summed E-state index contributed by atoms with van der Waals surface area (Å²) in [5, 5.41) is -0.579. The zero-order valence-corrected chi connectivity index (χ0v) is 15.2. The van der Waals surface area contributed by atoms with Crippen LogP contribution >= 0.6 is 0 Å². The highest BCUT2D eigenvalue weighted by atomic mass is 32.2. The van der Waals surface area contributed by atoms with Crippen molar-refractivity contribution in [2.24, 2.45) is 5.41 Å². The van der Waals surface area contributed by atoms with Crippen molar-refractivity contribution in [1.29, 1.82) is 0 Å². The van der Waals surface area contributed by atoms with E-state index in [2.05, 4.69) is 0 Å². The van der Waals surface area contributed by atoms with Crippen LogP contribution in [0.1, 0.15) is 33.3 Å². The van der Waals surface area contributed by atoms with Crippen molar-refractivity contribution >= 4 is 22.9 Å². The molecular formula is C17H23NO5S. The summed E-state index contributed by atoms with van der Waals surface area (Å²) in [4.78, 5) is 25.2. The fraction of sp³-hybridized carbons (Fsp3) is 0.529. The van der Waals surface area contributed by atoms with Crippen molar-refractivity contribution in [3.63, 3.8) is 0 Å². The smallest absolute Gasteiger partial charge is 0.414 e. The molecule has 0 N–H and O–H groups in total. The molecule has 1 aromatic carbocycles. The van der Waals surface area contributed by atoms with E-state index in [0.717, 1.165) is 5.56 Å². The Morgan fingerprint density at radius 2 is 1.88 bits per heavy atom. The molecule has 0 bridgehead atoms. The van der Waals surface area contributed by atoms with Gasteiger partial charge >= 0.3 is 12.1 Å². The van der Waals surface area contributed by atoms with Gasteiger partial charge in [-0.05, 0) is 11.0 Å². The second-order valence-corrected chi connectivity index (χ2v) is 8.32. The summed E-state index contributed by atoms with van der Waals surface area (Å²) in [5.74, 6) is -0.422. The van der Waals surface area contributed by atoms with Crippen molar-refractivity contribution in [2.45, 2.75) is 45.9 Å². The molecule has 3 atom stereocenters. The Bertz CT molecular complexity index is 626. The maximum atomic E-state index is 12.6. The SMILES string of the molecule is CC(=O)OC1CS(=O)C(C(C)(C)C)N1C(=O)OCc1ccccc1. The molecule has 1 amide bonds. The van der Waals surface area contributed by atoms with Gasteiger partial charge in [-0.1, -0.05) is 51.1 Å². The van der Waals surface area contributed by atoms with Crippen molar-refractivity contribution in [3.05, 3.63) is 35.9 Å². The van der Waals surface area contributed by atoms with E-state index in [0.29, 0.717) is 0 Å². The first-order chi connectivity index (χ1) is 11.2. The Labute approximate surface area is 144 Å². The molecule has 0 spiro atoms. The van der Waals surface area contributed by atoms with Gasteiger partial charge in [-0.3, -0.25) is 13.9 Å². The minimum Gasteiger partial charge on any atom is -0.444 e. The van der Waals surface area contributed by atoms with E-state index >= 15 is 0 Å². The molecule has 1 aliphatic rings. The molecule has 6 nitrogen and oxygen atoms in total. The van der Waals surface area contributed by atoms with Crippen LogP contribution in [0.25, 0.3) is 0 Å². The molecule has 3 unspecified atom stereocenters. The normalized spacial score (nSPS) is 23.8. The lowest BCUT2D eigenvalue weighted by Crippen LogP contribution is -2.49. The number of hydrogen-bond donors (Lipinski definition) is 0. The lowest BCUT2D eigenvalue weighted by Gasteiger charge is -2.34. The van der Waals surface area contributed by atoms with E-state index in [1.807, 2.05) is 51.1 Å². The van der Waals surface area contributed by atoms with E-state index < -0.39 is 39.9 Å². The third kappa shape index (κ3) is 4.35. The molecule has 0 aliphatic carbocycles. The van der Waals surface area contributed by atoms with Gasteiger partial charge in [0.15, 0.2) is 6.23 Å². The van der Waals surface area contributed by atoms with Gasteiger partial charge in [0, 0.05) is 6.92 Å². The summed E-state index contributed by atoms with van der Waals surface area (Å²) in [5.41, 5.74) is 0.411. The predicted octanol–water partition coefficient (Wildman–Crippen LogP) is 2.65. The van der Waals surface area contributed by atoms with Crippen LogP contribution in [0.3, 0.4) is 0 Å². The second-order valence-electron chi connectivity index (χ2n) is 6.78. The molecule has 24 heavy (non-hydrogen) atoms. The van der Waals surface area contributed by atoms with Crippen LogP contribution < -0.4 is 0 Å². The first-order valence-corrected chi connectivity index (χ1v) is 9.12. The van der Waals surface area contributed by atoms with Gasteiger partial charge in [-0.15, -0.1) is 0 Å². The summed E-state index contributed by atoms with van der Waals surface area (Å²) in [6.45, 7) is 7.04. The average Bonchev–Trinajstić information content (AvgIpc) is 2.81. The Morgan fingerprint density at radius 3 is 2.42 bits per heavy atom. The second kappa shape index (κ2) is 7.34. The third-order valence-electron chi connectivity index (χ3n) is 3.58. The lowest BCUT2D eigenvalue weighted by molar-refractivity contribution is -0.153. The van der Waals surface area contributed by atoms with Gasteiger partial charge in [0.1, 0.15) is 12.0 Å². The van der Waals surface area contributed by atoms with Gasteiger partial charge in [-0.25, -0.2) is 4.79 Å². The van der Waals surface area contributed by atoms with Gasteiger partial charge in [0.25, 0.3) is 0 Å². The number of hydrogen-bond acceptors (Lipinski definition) is 5. The first kappa shape index (κ1) is 18.4. The van der Waals surface area contributed by atoms with Crippen LogP contribution in [0.4, 0.5) is 4.79 Å². The molecule has 0 radical (unpaired) electrons. The summed E-state index contributed by atoms with van der Waals surface area (Å²) in [6, 6.07) is 9.28. The van der Waals surface area contributed by atoms with Crippen LogP contribution in [0.2, 0.25) is 0 Å². The molecule has 0 aromatic heterocycles. The van der Waals surface area contributed by atoms with Crippen molar-refractivity contribution in [2.75, 3.05) is 5.75 Å². The van der Waals surface area contributed by atoms with Gasteiger partial charge in [0.2, 0.25) is 0 Å². The number of amides is 1. The molecule has 2 rings (SSSR count). The van der Waals surface area contributed by atoms with E-state index in [4.69, 9.17) is 9.47 Å². The quantitative estimate of drug-likeness (QED) is 0.781.